The first-order chi connectivity index (χ1) is 8.49. The fourth-order valence-corrected chi connectivity index (χ4v) is 1.83. The lowest BCUT2D eigenvalue weighted by Gasteiger charge is -2.22. The van der Waals surface area contributed by atoms with E-state index in [1.54, 1.807) is 0 Å². The second kappa shape index (κ2) is 4.59. The van der Waals surface area contributed by atoms with Gasteiger partial charge < -0.3 is 10.0 Å². The van der Waals surface area contributed by atoms with Gasteiger partial charge in [-0.25, -0.2) is 4.39 Å². The van der Waals surface area contributed by atoms with E-state index in [0.29, 0.717) is 0 Å². The number of halogens is 1. The first-order valence-electron chi connectivity index (χ1n) is 5.41. The Balaban J connectivity index is 2.40. The summed E-state index contributed by atoms with van der Waals surface area (Å²) in [6.07, 6.45) is 1.59. The zero-order chi connectivity index (χ0) is 13.3. The van der Waals surface area contributed by atoms with Crippen LogP contribution in [0.1, 0.15) is 12.8 Å². The maximum atomic E-state index is 13.0. The van der Waals surface area contributed by atoms with Gasteiger partial charge in [-0.3, -0.25) is 14.9 Å². The number of aliphatic carboxylic acids is 1. The summed E-state index contributed by atoms with van der Waals surface area (Å²) in [7, 11) is 0. The number of hydrogen-bond acceptors (Lipinski definition) is 4. The number of carboxylic acid groups (broad SMARTS) is 1. The van der Waals surface area contributed by atoms with Crippen LogP contribution in [0.15, 0.2) is 18.2 Å². The zero-order valence-corrected chi connectivity index (χ0v) is 9.38. The van der Waals surface area contributed by atoms with Crippen molar-refractivity contribution in [1.29, 1.82) is 0 Å². The summed E-state index contributed by atoms with van der Waals surface area (Å²) in [6, 6.07) is 3.16. The third-order valence-electron chi connectivity index (χ3n) is 2.74. The van der Waals surface area contributed by atoms with Crippen molar-refractivity contribution in [2.75, 3.05) is 11.4 Å². The van der Waals surface area contributed by atoms with E-state index in [2.05, 4.69) is 0 Å². The summed E-state index contributed by atoms with van der Waals surface area (Å²) >= 11 is 0. The van der Waals surface area contributed by atoms with E-state index in [1.165, 1.54) is 11.0 Å². The predicted molar refractivity (Wildman–Crippen MR) is 61.1 cm³/mol. The smallest absolute Gasteiger partial charge is 0.323 e. The molecule has 0 spiro atoms. The standard InChI is InChI=1S/C11H11FN2O4/c12-7-1-4-9(10(5-7)14(17)18)13(6-11(15)16)8-2-3-8/h1,4-5,8H,2-3,6H2,(H,15,16). The predicted octanol–water partition coefficient (Wildman–Crippen LogP) is 1.79. The lowest BCUT2D eigenvalue weighted by atomic mass is 10.2. The largest absolute Gasteiger partial charge is 0.480 e. The lowest BCUT2D eigenvalue weighted by molar-refractivity contribution is -0.384. The minimum absolute atomic E-state index is 0.00902. The number of anilines is 1. The summed E-state index contributed by atoms with van der Waals surface area (Å²) in [5.41, 5.74) is -0.241. The van der Waals surface area contributed by atoms with Crippen molar-refractivity contribution in [1.82, 2.24) is 0 Å². The van der Waals surface area contributed by atoms with Gasteiger partial charge >= 0.3 is 5.97 Å². The Morgan fingerprint density at radius 3 is 2.72 bits per heavy atom. The van der Waals surface area contributed by atoms with Gasteiger partial charge in [0.15, 0.2) is 0 Å². The number of nitro groups is 1. The van der Waals surface area contributed by atoms with Gasteiger partial charge in [0.05, 0.1) is 11.0 Å². The van der Waals surface area contributed by atoms with E-state index in [9.17, 15) is 19.3 Å². The Hall–Kier alpha value is -2.18. The first-order valence-corrected chi connectivity index (χ1v) is 5.41. The molecule has 1 aliphatic rings. The molecule has 0 bridgehead atoms. The topological polar surface area (TPSA) is 83.7 Å². The van der Waals surface area contributed by atoms with Crippen LogP contribution in [0.3, 0.4) is 0 Å². The Labute approximate surface area is 102 Å². The first kappa shape index (κ1) is 12.3. The molecule has 2 rings (SSSR count). The molecule has 7 heteroatoms. The molecule has 1 saturated carbocycles. The van der Waals surface area contributed by atoms with Crippen molar-refractivity contribution < 1.29 is 19.2 Å². The molecular weight excluding hydrogens is 243 g/mol. The molecule has 1 N–H and O–H groups in total. The Bertz CT molecular complexity index is 502. The monoisotopic (exact) mass is 254 g/mol. The highest BCUT2D eigenvalue weighted by molar-refractivity contribution is 5.76. The average molecular weight is 254 g/mol. The van der Waals surface area contributed by atoms with E-state index in [-0.39, 0.29) is 18.3 Å². The molecule has 0 amide bonds. The van der Waals surface area contributed by atoms with Gasteiger partial charge in [-0.1, -0.05) is 0 Å². The molecule has 0 heterocycles. The normalized spacial score (nSPS) is 14.3. The van der Waals surface area contributed by atoms with Gasteiger partial charge in [-0.05, 0) is 25.0 Å². The van der Waals surface area contributed by atoms with E-state index in [1.807, 2.05) is 0 Å². The molecule has 0 atom stereocenters. The van der Waals surface area contributed by atoms with Crippen LogP contribution in [0.25, 0.3) is 0 Å². The SMILES string of the molecule is O=C(O)CN(c1ccc(F)cc1[N+](=O)[O-])C1CC1. The molecule has 0 saturated heterocycles. The van der Waals surface area contributed by atoms with Crippen molar-refractivity contribution in [2.24, 2.45) is 0 Å². The van der Waals surface area contributed by atoms with Gasteiger partial charge in [0.2, 0.25) is 0 Å². The quantitative estimate of drug-likeness (QED) is 0.639. The zero-order valence-electron chi connectivity index (χ0n) is 9.38. The van der Waals surface area contributed by atoms with E-state index in [4.69, 9.17) is 5.11 Å². The minimum atomic E-state index is -1.07. The van der Waals surface area contributed by atoms with Gasteiger partial charge in [0.25, 0.3) is 5.69 Å². The van der Waals surface area contributed by atoms with Crippen LogP contribution in [0.4, 0.5) is 15.8 Å². The maximum Gasteiger partial charge on any atom is 0.323 e. The van der Waals surface area contributed by atoms with Crippen LogP contribution >= 0.6 is 0 Å². The molecule has 1 aromatic rings. The van der Waals surface area contributed by atoms with Gasteiger partial charge in [0, 0.05) is 6.04 Å². The fraction of sp³-hybridized carbons (Fsp3) is 0.364. The van der Waals surface area contributed by atoms with Crippen LogP contribution < -0.4 is 4.90 Å². The fourth-order valence-electron chi connectivity index (χ4n) is 1.83. The summed E-state index contributed by atoms with van der Waals surface area (Å²) in [5.74, 6) is -1.78. The number of hydrogen-bond donors (Lipinski definition) is 1. The van der Waals surface area contributed by atoms with E-state index >= 15 is 0 Å². The van der Waals surface area contributed by atoms with Crippen molar-refractivity contribution in [3.63, 3.8) is 0 Å². The van der Waals surface area contributed by atoms with Gasteiger partial charge in [-0.2, -0.15) is 0 Å². The van der Waals surface area contributed by atoms with E-state index in [0.717, 1.165) is 25.0 Å². The highest BCUT2D eigenvalue weighted by Crippen LogP contribution is 2.36. The number of rotatable bonds is 5. The molecule has 0 radical (unpaired) electrons. The third-order valence-corrected chi connectivity index (χ3v) is 2.74. The summed E-state index contributed by atoms with van der Waals surface area (Å²) in [4.78, 5) is 22.4. The number of nitrogens with zero attached hydrogens (tertiary/aromatic N) is 2. The molecule has 18 heavy (non-hydrogen) atoms. The van der Waals surface area contributed by atoms with Crippen molar-refractivity contribution in [2.45, 2.75) is 18.9 Å². The maximum absolute atomic E-state index is 13.0. The molecule has 6 nitrogen and oxygen atoms in total. The highest BCUT2D eigenvalue weighted by Gasteiger charge is 2.34. The van der Waals surface area contributed by atoms with Crippen LogP contribution in [-0.2, 0) is 4.79 Å². The van der Waals surface area contributed by atoms with Gasteiger partial charge in [0.1, 0.15) is 18.0 Å². The summed E-state index contributed by atoms with van der Waals surface area (Å²) < 4.78 is 13.0. The number of carbonyl (C=O) groups is 1. The number of nitro benzene ring substituents is 1. The summed E-state index contributed by atoms with van der Waals surface area (Å²) in [6.45, 7) is -0.322. The molecule has 96 valence electrons. The molecular formula is C11H11FN2O4. The molecule has 0 unspecified atom stereocenters. The van der Waals surface area contributed by atoms with Crippen LogP contribution in [0.2, 0.25) is 0 Å². The van der Waals surface area contributed by atoms with Crippen molar-refractivity contribution in [3.8, 4) is 0 Å². The third kappa shape index (κ3) is 2.55. The van der Waals surface area contributed by atoms with Crippen molar-refractivity contribution >= 4 is 17.3 Å². The Morgan fingerprint density at radius 1 is 1.56 bits per heavy atom. The van der Waals surface area contributed by atoms with Crippen LogP contribution in [0.5, 0.6) is 0 Å². The Morgan fingerprint density at radius 2 is 2.22 bits per heavy atom. The number of benzene rings is 1. The molecule has 1 fully saturated rings. The molecule has 1 aliphatic carbocycles. The second-order valence-corrected chi connectivity index (χ2v) is 4.14. The molecule has 0 aromatic heterocycles. The minimum Gasteiger partial charge on any atom is -0.480 e. The van der Waals surface area contributed by atoms with Crippen LogP contribution in [-0.4, -0.2) is 28.6 Å². The lowest BCUT2D eigenvalue weighted by Crippen LogP contribution is -2.32. The average Bonchev–Trinajstić information content (AvgIpc) is 3.09. The summed E-state index contributed by atoms with van der Waals surface area (Å²) in [5, 5.41) is 19.7. The molecule has 0 aliphatic heterocycles. The highest BCUT2D eigenvalue weighted by atomic mass is 19.1. The van der Waals surface area contributed by atoms with Crippen LogP contribution in [0, 0.1) is 15.9 Å². The van der Waals surface area contributed by atoms with Crippen molar-refractivity contribution in [3.05, 3.63) is 34.1 Å². The second-order valence-electron chi connectivity index (χ2n) is 4.14. The van der Waals surface area contributed by atoms with Gasteiger partial charge in [-0.15, -0.1) is 0 Å². The Kier molecular flexibility index (Phi) is 3.14. The van der Waals surface area contributed by atoms with E-state index < -0.39 is 22.4 Å². The molecule has 1 aromatic carbocycles. The number of carboxylic acids is 1.